The first-order valence-electron chi connectivity index (χ1n) is 10.5. The summed E-state index contributed by atoms with van der Waals surface area (Å²) in [5, 5.41) is 11.1. The fourth-order valence-electron chi connectivity index (χ4n) is 3.16. The summed E-state index contributed by atoms with van der Waals surface area (Å²) in [7, 11) is 1.65. The van der Waals surface area contributed by atoms with Gasteiger partial charge in [-0.25, -0.2) is 9.97 Å². The summed E-state index contributed by atoms with van der Waals surface area (Å²) in [6.45, 7) is 3.09. The summed E-state index contributed by atoms with van der Waals surface area (Å²) >= 11 is 0. The number of carbonyl (C=O) groups is 1. The Kier molecular flexibility index (Phi) is 6.13. The van der Waals surface area contributed by atoms with Gasteiger partial charge in [0.05, 0.1) is 25.0 Å². The van der Waals surface area contributed by atoms with E-state index in [1.165, 1.54) is 0 Å². The Bertz CT molecular complexity index is 1230. The quantitative estimate of drug-likeness (QED) is 0.443. The molecule has 0 radical (unpaired) electrons. The lowest BCUT2D eigenvalue weighted by Gasteiger charge is -2.25. The monoisotopic (exact) mass is 442 g/mol. The summed E-state index contributed by atoms with van der Waals surface area (Å²) in [5.41, 5.74) is 3.76. The molecule has 168 valence electrons. The van der Waals surface area contributed by atoms with Gasteiger partial charge in [-0.1, -0.05) is 38.1 Å². The van der Waals surface area contributed by atoms with Crippen molar-refractivity contribution in [2.45, 2.75) is 13.8 Å². The Hall–Kier alpha value is -4.13. The van der Waals surface area contributed by atoms with Crippen LogP contribution in [0.5, 0.6) is 11.6 Å². The van der Waals surface area contributed by atoms with Crippen LogP contribution < -0.4 is 14.6 Å². The molecule has 4 rings (SSSR count). The van der Waals surface area contributed by atoms with Gasteiger partial charge in [-0.05, 0) is 41.5 Å². The number of nitrogens with one attached hydrogen (secondary N) is 1. The lowest BCUT2D eigenvalue weighted by molar-refractivity contribution is -0.318. The molecule has 0 saturated heterocycles. The Labute approximate surface area is 192 Å². The van der Waals surface area contributed by atoms with Crippen LogP contribution in [0.15, 0.2) is 73.1 Å². The molecular weight excluding hydrogens is 418 g/mol. The van der Waals surface area contributed by atoms with E-state index in [0.717, 1.165) is 39.5 Å². The number of hydrogen-bond acceptors (Lipinski definition) is 6. The highest BCUT2D eigenvalue weighted by Gasteiger charge is 2.20. The van der Waals surface area contributed by atoms with Gasteiger partial charge in [0, 0.05) is 28.8 Å². The van der Waals surface area contributed by atoms with Crippen LogP contribution in [0.4, 0.5) is 0 Å². The second-order valence-electron chi connectivity index (χ2n) is 8.30. The zero-order valence-corrected chi connectivity index (χ0v) is 18.7. The summed E-state index contributed by atoms with van der Waals surface area (Å²) in [6, 6.07) is 19.4. The van der Waals surface area contributed by atoms with Crippen LogP contribution in [0.1, 0.15) is 13.8 Å². The van der Waals surface area contributed by atoms with E-state index >= 15 is 0 Å². The normalized spacial score (nSPS) is 11.2. The predicted molar refractivity (Wildman–Crippen MR) is 124 cm³/mol. The molecule has 1 N–H and O–H groups in total. The van der Waals surface area contributed by atoms with Crippen LogP contribution >= 0.6 is 0 Å². The lowest BCUT2D eigenvalue weighted by Crippen LogP contribution is -2.42. The van der Waals surface area contributed by atoms with Crippen molar-refractivity contribution in [2.75, 3.05) is 13.7 Å². The number of benzene rings is 2. The summed E-state index contributed by atoms with van der Waals surface area (Å²) < 4.78 is 10.7. The van der Waals surface area contributed by atoms with Gasteiger partial charge in [0.1, 0.15) is 18.2 Å². The van der Waals surface area contributed by atoms with Crippen LogP contribution in [0.2, 0.25) is 0 Å². The molecule has 7 nitrogen and oxygen atoms in total. The molecule has 0 amide bonds. The molecule has 0 aliphatic heterocycles. The number of imidazole rings is 1. The smallest absolute Gasteiger partial charge is 0.213 e. The number of hydrogen-bond donors (Lipinski definition) is 1. The SMILES string of the molecule is COc1ccc(-c2cnc(-c3ccc(-c4ccc(OCC(C)(C)C(=O)[O-])nc4)cc3)[nH]2)cc1. The van der Waals surface area contributed by atoms with Crippen molar-refractivity contribution in [1.29, 1.82) is 0 Å². The summed E-state index contributed by atoms with van der Waals surface area (Å²) in [4.78, 5) is 23.2. The molecule has 0 fully saturated rings. The van der Waals surface area contributed by atoms with Crippen LogP contribution in [-0.2, 0) is 4.79 Å². The maximum absolute atomic E-state index is 11.1. The molecular formula is C26H24N3O4-. The zero-order valence-electron chi connectivity index (χ0n) is 18.7. The number of aromatic nitrogens is 3. The molecule has 33 heavy (non-hydrogen) atoms. The minimum atomic E-state index is -1.16. The largest absolute Gasteiger partial charge is 0.549 e. The minimum Gasteiger partial charge on any atom is -0.549 e. The van der Waals surface area contributed by atoms with Crippen molar-refractivity contribution in [2.24, 2.45) is 5.41 Å². The Morgan fingerprint density at radius 1 is 0.879 bits per heavy atom. The Morgan fingerprint density at radius 3 is 2.12 bits per heavy atom. The number of rotatable bonds is 8. The second kappa shape index (κ2) is 9.16. The fourth-order valence-corrected chi connectivity index (χ4v) is 3.16. The molecule has 0 saturated carbocycles. The zero-order chi connectivity index (χ0) is 23.4. The molecule has 0 aliphatic rings. The number of carboxylic acid groups (broad SMARTS) is 1. The topological polar surface area (TPSA) is 100 Å². The first kappa shape index (κ1) is 22.1. The molecule has 0 spiro atoms. The van der Waals surface area contributed by atoms with Gasteiger partial charge in [0.15, 0.2) is 0 Å². The maximum atomic E-state index is 11.1. The van der Waals surface area contributed by atoms with E-state index in [9.17, 15) is 9.90 Å². The molecule has 2 aromatic heterocycles. The lowest BCUT2D eigenvalue weighted by atomic mass is 9.95. The van der Waals surface area contributed by atoms with Crippen LogP contribution in [0, 0.1) is 5.41 Å². The van der Waals surface area contributed by atoms with E-state index in [4.69, 9.17) is 9.47 Å². The first-order chi connectivity index (χ1) is 15.9. The van der Waals surface area contributed by atoms with Crippen molar-refractivity contribution in [3.8, 4) is 45.4 Å². The highest BCUT2D eigenvalue weighted by Crippen LogP contribution is 2.27. The number of carboxylic acids is 1. The number of methoxy groups -OCH3 is 1. The highest BCUT2D eigenvalue weighted by molar-refractivity contribution is 5.71. The van der Waals surface area contributed by atoms with E-state index in [0.29, 0.717) is 5.88 Å². The van der Waals surface area contributed by atoms with Crippen LogP contribution in [0.3, 0.4) is 0 Å². The summed E-state index contributed by atoms with van der Waals surface area (Å²) in [5.74, 6) is 0.799. The average molecular weight is 442 g/mol. The molecule has 7 heteroatoms. The molecule has 0 atom stereocenters. The molecule has 2 aromatic carbocycles. The molecule has 4 aromatic rings. The van der Waals surface area contributed by atoms with Gasteiger partial charge in [-0.15, -0.1) is 0 Å². The molecule has 2 heterocycles. The molecule has 0 unspecified atom stereocenters. The van der Waals surface area contributed by atoms with Crippen molar-refractivity contribution >= 4 is 5.97 Å². The van der Waals surface area contributed by atoms with Crippen LogP contribution in [-0.4, -0.2) is 34.6 Å². The Balaban J connectivity index is 1.44. The van der Waals surface area contributed by atoms with E-state index < -0.39 is 11.4 Å². The molecule has 0 bridgehead atoms. The third-order valence-electron chi connectivity index (χ3n) is 5.34. The number of ether oxygens (including phenoxy) is 2. The van der Waals surface area contributed by atoms with Crippen molar-refractivity contribution < 1.29 is 19.4 Å². The van der Waals surface area contributed by atoms with Crippen LogP contribution in [0.25, 0.3) is 33.8 Å². The third kappa shape index (κ3) is 5.03. The number of nitrogens with zero attached hydrogens (tertiary/aromatic N) is 2. The number of carbonyl (C=O) groups excluding carboxylic acids is 1. The highest BCUT2D eigenvalue weighted by atomic mass is 16.5. The maximum Gasteiger partial charge on any atom is 0.213 e. The van der Waals surface area contributed by atoms with Gasteiger partial charge in [-0.2, -0.15) is 0 Å². The third-order valence-corrected chi connectivity index (χ3v) is 5.34. The average Bonchev–Trinajstić information content (AvgIpc) is 3.34. The summed E-state index contributed by atoms with van der Waals surface area (Å²) in [6.07, 6.45) is 3.51. The number of pyridine rings is 1. The van der Waals surface area contributed by atoms with Crippen molar-refractivity contribution in [3.63, 3.8) is 0 Å². The van der Waals surface area contributed by atoms with Gasteiger partial charge < -0.3 is 24.4 Å². The second-order valence-corrected chi connectivity index (χ2v) is 8.30. The number of aliphatic carboxylic acids is 1. The van der Waals surface area contributed by atoms with E-state index in [1.54, 1.807) is 33.2 Å². The Morgan fingerprint density at radius 2 is 1.52 bits per heavy atom. The number of H-pyrrole nitrogens is 1. The standard InChI is InChI=1S/C26H25N3O4/c1-26(2,25(30)31)16-33-23-13-10-20(14-27-23)17-4-6-19(7-5-17)24-28-15-22(29-24)18-8-11-21(32-3)12-9-18/h4-15H,16H2,1-3H3,(H,28,29)(H,30,31)/p-1. The van der Waals surface area contributed by atoms with Gasteiger partial charge in [0.25, 0.3) is 0 Å². The van der Waals surface area contributed by atoms with Gasteiger partial charge in [-0.3, -0.25) is 0 Å². The predicted octanol–water partition coefficient (Wildman–Crippen LogP) is 3.97. The van der Waals surface area contributed by atoms with E-state index in [-0.39, 0.29) is 6.61 Å². The number of aromatic amines is 1. The van der Waals surface area contributed by atoms with Crippen molar-refractivity contribution in [1.82, 2.24) is 15.0 Å². The van der Waals surface area contributed by atoms with Crippen molar-refractivity contribution in [3.05, 3.63) is 73.1 Å². The fraction of sp³-hybridized carbons (Fsp3) is 0.192. The van der Waals surface area contributed by atoms with Gasteiger partial charge in [0.2, 0.25) is 5.88 Å². The van der Waals surface area contributed by atoms with E-state index in [1.807, 2.05) is 60.8 Å². The first-order valence-corrected chi connectivity index (χ1v) is 10.5. The van der Waals surface area contributed by atoms with Gasteiger partial charge >= 0.3 is 0 Å². The molecule has 0 aliphatic carbocycles. The van der Waals surface area contributed by atoms with E-state index in [2.05, 4.69) is 15.0 Å². The minimum absolute atomic E-state index is 0.0158.